The van der Waals surface area contributed by atoms with Crippen molar-refractivity contribution in [3.63, 3.8) is 0 Å². The Hall–Kier alpha value is -2.47. The lowest BCUT2D eigenvalue weighted by atomic mass is 10.1. The van der Waals surface area contributed by atoms with E-state index in [0.717, 1.165) is 14.0 Å². The minimum Gasteiger partial charge on any atom is -0.289 e. The second-order valence-electron chi connectivity index (χ2n) is 4.41. The molecule has 0 unspecified atom stereocenters. The second-order valence-corrected chi connectivity index (χ2v) is 6.84. The summed E-state index contributed by atoms with van der Waals surface area (Å²) in [6.45, 7) is 14.2. The summed E-state index contributed by atoms with van der Waals surface area (Å²) in [6, 6.07) is 12.5. The van der Waals surface area contributed by atoms with Gasteiger partial charge in [0.25, 0.3) is 0 Å². The maximum Gasteiger partial charge on any atom is 0.195 e. The van der Waals surface area contributed by atoms with Gasteiger partial charge in [-0.1, -0.05) is 66.0 Å². The van der Waals surface area contributed by atoms with E-state index in [9.17, 15) is 4.79 Å². The molecule has 0 radical (unpaired) electrons. The number of carbonyl (C=O) groups is 1. The summed E-state index contributed by atoms with van der Waals surface area (Å²) < 4.78 is 0.863. The van der Waals surface area contributed by atoms with Gasteiger partial charge in [0.2, 0.25) is 0 Å². The number of carbonyl (C=O) groups excluding carboxylic acids is 1. The van der Waals surface area contributed by atoms with Crippen LogP contribution in [0.15, 0.2) is 62.6 Å². The fraction of sp³-hybridized carbons (Fsp3) is 0. The van der Waals surface area contributed by atoms with Crippen LogP contribution in [0.1, 0.15) is 10.4 Å². The molecule has 0 bridgehead atoms. The molecule has 0 amide bonds. The van der Waals surface area contributed by atoms with Crippen molar-refractivity contribution in [1.82, 2.24) is 0 Å². The van der Waals surface area contributed by atoms with Crippen LogP contribution in [0.4, 0.5) is 11.4 Å². The first kappa shape index (κ1) is 14.5. The number of nitrogens with zero attached hydrogens (tertiary/aromatic N) is 2. The molecule has 1 heterocycles. The molecule has 5 heteroatoms. The molecule has 0 saturated carbocycles. The monoisotopic (exact) mass is 320 g/mol. The van der Waals surface area contributed by atoms with Crippen LogP contribution in [0.2, 0.25) is 0 Å². The van der Waals surface area contributed by atoms with Gasteiger partial charge in [0.15, 0.2) is 17.2 Å². The first-order chi connectivity index (χ1) is 10.7. The Bertz CT molecular complexity index is 829. The molecular formula is C17H8N2OS2. The lowest BCUT2D eigenvalue weighted by molar-refractivity contribution is 0.104. The van der Waals surface area contributed by atoms with Crippen molar-refractivity contribution < 1.29 is 4.79 Å². The fourth-order valence-electron chi connectivity index (χ4n) is 1.97. The Balaban J connectivity index is 1.89. The Morgan fingerprint density at radius 2 is 1.50 bits per heavy atom. The lowest BCUT2D eigenvalue weighted by Crippen LogP contribution is -1.93. The van der Waals surface area contributed by atoms with Gasteiger partial charge >= 0.3 is 0 Å². The van der Waals surface area contributed by atoms with E-state index in [0.29, 0.717) is 16.9 Å². The van der Waals surface area contributed by atoms with Crippen LogP contribution in [0.3, 0.4) is 0 Å². The van der Waals surface area contributed by atoms with Gasteiger partial charge in [-0.3, -0.25) is 14.5 Å². The molecule has 0 fully saturated rings. The van der Waals surface area contributed by atoms with Crippen LogP contribution in [0.5, 0.6) is 0 Å². The van der Waals surface area contributed by atoms with E-state index in [1.54, 1.807) is 30.3 Å². The number of fused-ring (bicyclic) bond motifs is 1. The predicted octanol–water partition coefficient (Wildman–Crippen LogP) is 5.71. The molecule has 0 N–H and O–H groups in total. The third-order valence-electron chi connectivity index (χ3n) is 3.01. The zero-order chi connectivity index (χ0) is 15.5. The predicted molar refractivity (Wildman–Crippen MR) is 89.5 cm³/mol. The van der Waals surface area contributed by atoms with Crippen molar-refractivity contribution in [2.24, 2.45) is 0 Å². The third kappa shape index (κ3) is 2.78. The molecule has 0 aromatic heterocycles. The van der Waals surface area contributed by atoms with Gasteiger partial charge < -0.3 is 0 Å². The van der Waals surface area contributed by atoms with Crippen LogP contribution >= 0.6 is 23.5 Å². The zero-order valence-electron chi connectivity index (χ0n) is 11.2. The van der Waals surface area contributed by atoms with E-state index >= 15 is 0 Å². The Morgan fingerprint density at radius 1 is 0.955 bits per heavy atom. The number of hydrogen-bond acceptors (Lipinski definition) is 3. The molecular weight excluding hydrogens is 312 g/mol. The average molecular weight is 320 g/mol. The molecule has 0 saturated heterocycles. The molecule has 22 heavy (non-hydrogen) atoms. The molecule has 3 rings (SSSR count). The number of hydrogen-bond donors (Lipinski definition) is 0. The van der Waals surface area contributed by atoms with Crippen LogP contribution in [0, 0.1) is 13.1 Å². The molecule has 1 aliphatic heterocycles. The van der Waals surface area contributed by atoms with Crippen LogP contribution < -0.4 is 0 Å². The SMILES string of the molecule is [C-]#[N+]c1cc2c(cc1[N+]#[C-])SC(=CC(=O)c1ccccc1)S2. The van der Waals surface area contributed by atoms with Crippen LogP contribution in [-0.4, -0.2) is 5.78 Å². The largest absolute Gasteiger partial charge is 0.289 e. The highest BCUT2D eigenvalue weighted by molar-refractivity contribution is 8.24. The van der Waals surface area contributed by atoms with E-state index in [4.69, 9.17) is 13.1 Å². The van der Waals surface area contributed by atoms with Gasteiger partial charge in [-0.05, 0) is 0 Å². The number of benzene rings is 2. The summed E-state index contributed by atoms with van der Waals surface area (Å²) in [7, 11) is 0. The van der Waals surface area contributed by atoms with Crippen molar-refractivity contribution in [3.8, 4) is 0 Å². The number of ketones is 1. The molecule has 1 aliphatic rings. The molecule has 104 valence electrons. The third-order valence-corrected chi connectivity index (χ3v) is 5.39. The summed E-state index contributed by atoms with van der Waals surface area (Å²) in [4.78, 5) is 20.8. The lowest BCUT2D eigenvalue weighted by Gasteiger charge is -1.98. The minimum atomic E-state index is -0.0424. The first-order valence-corrected chi connectivity index (χ1v) is 7.94. The van der Waals surface area contributed by atoms with E-state index in [2.05, 4.69) is 9.69 Å². The minimum absolute atomic E-state index is 0.0424. The van der Waals surface area contributed by atoms with Gasteiger partial charge in [0.05, 0.1) is 17.4 Å². The van der Waals surface area contributed by atoms with Crippen LogP contribution in [-0.2, 0) is 0 Å². The van der Waals surface area contributed by atoms with Gasteiger partial charge in [-0.2, -0.15) is 0 Å². The van der Waals surface area contributed by atoms with Crippen molar-refractivity contribution in [1.29, 1.82) is 0 Å². The highest BCUT2D eigenvalue weighted by Crippen LogP contribution is 2.53. The van der Waals surface area contributed by atoms with Crippen molar-refractivity contribution in [3.05, 3.63) is 81.2 Å². The number of thioether (sulfide) groups is 2. The second kappa shape index (κ2) is 6.11. The molecule has 0 spiro atoms. The van der Waals surface area contributed by atoms with Gasteiger partial charge in [0.1, 0.15) is 0 Å². The summed E-state index contributed by atoms with van der Waals surface area (Å²) >= 11 is 2.93. The number of allylic oxidation sites excluding steroid dienone is 1. The van der Waals surface area contributed by atoms with Crippen molar-refractivity contribution in [2.45, 2.75) is 9.79 Å². The van der Waals surface area contributed by atoms with Gasteiger partial charge in [-0.25, -0.2) is 0 Å². The molecule has 2 aromatic rings. The van der Waals surface area contributed by atoms with E-state index in [1.807, 2.05) is 18.2 Å². The van der Waals surface area contributed by atoms with Gasteiger partial charge in [-0.15, -0.1) is 0 Å². The average Bonchev–Trinajstić information content (AvgIpc) is 2.95. The van der Waals surface area contributed by atoms with E-state index in [-0.39, 0.29) is 5.78 Å². The maximum atomic E-state index is 12.2. The quantitative estimate of drug-likeness (QED) is 0.402. The summed E-state index contributed by atoms with van der Waals surface area (Å²) in [5.74, 6) is -0.0424. The fourth-order valence-corrected chi connectivity index (χ4v) is 4.35. The van der Waals surface area contributed by atoms with Crippen LogP contribution in [0.25, 0.3) is 9.69 Å². The maximum absolute atomic E-state index is 12.2. The van der Waals surface area contributed by atoms with Gasteiger partial charge in [0, 0.05) is 21.4 Å². The molecule has 3 nitrogen and oxygen atoms in total. The van der Waals surface area contributed by atoms with E-state index < -0.39 is 0 Å². The zero-order valence-corrected chi connectivity index (χ0v) is 12.9. The normalized spacial score (nSPS) is 12.2. The Morgan fingerprint density at radius 3 is 2.00 bits per heavy atom. The summed E-state index contributed by atoms with van der Waals surface area (Å²) in [5, 5.41) is 0. The van der Waals surface area contributed by atoms with Crippen molar-refractivity contribution >= 4 is 40.7 Å². The van der Waals surface area contributed by atoms with E-state index in [1.165, 1.54) is 23.5 Å². The summed E-state index contributed by atoms with van der Waals surface area (Å²) in [5.41, 5.74) is 1.37. The Labute approximate surface area is 136 Å². The summed E-state index contributed by atoms with van der Waals surface area (Å²) in [6.07, 6.45) is 1.61. The number of rotatable bonds is 2. The highest BCUT2D eigenvalue weighted by Gasteiger charge is 2.21. The van der Waals surface area contributed by atoms with Crippen molar-refractivity contribution in [2.75, 3.05) is 0 Å². The Kier molecular flexibility index (Phi) is 4.02. The topological polar surface area (TPSA) is 25.8 Å². The molecule has 0 aliphatic carbocycles. The first-order valence-electron chi connectivity index (χ1n) is 6.31. The standard InChI is InChI=1S/C17H8N2OS2/c1-18-12-8-15-16(9-13(12)19-2)22-17(21-15)10-14(20)11-6-4-3-5-7-11/h3-10H. The molecule has 2 aromatic carbocycles. The highest BCUT2D eigenvalue weighted by atomic mass is 32.2. The molecule has 0 atom stereocenters. The smallest absolute Gasteiger partial charge is 0.195 e.